The summed E-state index contributed by atoms with van der Waals surface area (Å²) in [6.45, 7) is 4.55. The number of amides is 1. The molecule has 1 heterocycles. The Kier molecular flexibility index (Phi) is 6.35. The summed E-state index contributed by atoms with van der Waals surface area (Å²) in [7, 11) is 1.25. The second-order valence-electron chi connectivity index (χ2n) is 5.02. The van der Waals surface area contributed by atoms with Gasteiger partial charge in [0.05, 0.1) is 20.3 Å². The van der Waals surface area contributed by atoms with Crippen molar-refractivity contribution in [1.29, 1.82) is 0 Å². The van der Waals surface area contributed by atoms with Crippen LogP contribution in [-0.4, -0.2) is 48.8 Å². The van der Waals surface area contributed by atoms with Crippen LogP contribution < -0.4 is 14.8 Å². The summed E-state index contributed by atoms with van der Waals surface area (Å²) < 4.78 is 15.7. The summed E-state index contributed by atoms with van der Waals surface area (Å²) in [5.41, 5.74) is 0.961. The van der Waals surface area contributed by atoms with Crippen molar-refractivity contribution in [2.75, 3.05) is 26.9 Å². The summed E-state index contributed by atoms with van der Waals surface area (Å²) in [6, 6.07) is 5.36. The minimum Gasteiger partial charge on any atom is -0.494 e. The molecule has 0 atom stereocenters. The molecule has 0 aliphatic carbocycles. The van der Waals surface area contributed by atoms with Gasteiger partial charge < -0.3 is 19.5 Å². The molecule has 0 saturated carbocycles. The van der Waals surface area contributed by atoms with E-state index in [0.717, 1.165) is 4.90 Å². The zero-order valence-electron chi connectivity index (χ0n) is 14.3. The SMILES string of the molecule is CCOc1ccc(/C=C2\NC(=S)N(CC(=O)OC)C2=O)c(OCC)c1. The van der Waals surface area contributed by atoms with Gasteiger partial charge in [-0.05, 0) is 44.3 Å². The Bertz CT molecular complexity index is 717. The van der Waals surface area contributed by atoms with Crippen LogP contribution >= 0.6 is 12.2 Å². The average Bonchev–Trinajstić information content (AvgIpc) is 2.85. The Morgan fingerprint density at radius 2 is 2.00 bits per heavy atom. The van der Waals surface area contributed by atoms with Crippen LogP contribution in [0.2, 0.25) is 0 Å². The maximum atomic E-state index is 12.4. The lowest BCUT2D eigenvalue weighted by Crippen LogP contribution is -2.35. The lowest BCUT2D eigenvalue weighted by molar-refractivity contribution is -0.143. The van der Waals surface area contributed by atoms with E-state index in [1.807, 2.05) is 13.8 Å². The van der Waals surface area contributed by atoms with Gasteiger partial charge in [-0.25, -0.2) is 0 Å². The smallest absolute Gasteiger partial charge is 0.325 e. The highest BCUT2D eigenvalue weighted by Gasteiger charge is 2.32. The van der Waals surface area contributed by atoms with Crippen molar-refractivity contribution in [3.8, 4) is 11.5 Å². The van der Waals surface area contributed by atoms with Crippen molar-refractivity contribution < 1.29 is 23.8 Å². The second kappa shape index (κ2) is 8.48. The number of thiocarbonyl (C=S) groups is 1. The minimum absolute atomic E-state index is 0.158. The van der Waals surface area contributed by atoms with Crippen molar-refractivity contribution in [1.82, 2.24) is 10.2 Å². The van der Waals surface area contributed by atoms with Crippen molar-refractivity contribution in [3.63, 3.8) is 0 Å². The number of nitrogens with one attached hydrogen (secondary N) is 1. The van der Waals surface area contributed by atoms with Gasteiger partial charge in [-0.3, -0.25) is 14.5 Å². The molecule has 1 aliphatic rings. The molecular formula is C17H20N2O5S. The van der Waals surface area contributed by atoms with E-state index in [1.165, 1.54) is 7.11 Å². The van der Waals surface area contributed by atoms with Crippen LogP contribution in [0.4, 0.5) is 0 Å². The largest absolute Gasteiger partial charge is 0.494 e. The predicted octanol–water partition coefficient (Wildman–Crippen LogP) is 1.71. The van der Waals surface area contributed by atoms with E-state index in [-0.39, 0.29) is 17.4 Å². The van der Waals surface area contributed by atoms with E-state index in [4.69, 9.17) is 21.7 Å². The fourth-order valence-corrected chi connectivity index (χ4v) is 2.49. The highest BCUT2D eigenvalue weighted by molar-refractivity contribution is 7.80. The molecule has 2 rings (SSSR count). The fourth-order valence-electron chi connectivity index (χ4n) is 2.24. The quantitative estimate of drug-likeness (QED) is 0.448. The Labute approximate surface area is 151 Å². The van der Waals surface area contributed by atoms with Crippen LogP contribution in [-0.2, 0) is 14.3 Å². The Morgan fingerprint density at radius 1 is 1.28 bits per heavy atom. The summed E-state index contributed by atoms with van der Waals surface area (Å²) in [5.74, 6) is 0.330. The lowest BCUT2D eigenvalue weighted by Gasteiger charge is -2.11. The monoisotopic (exact) mass is 364 g/mol. The van der Waals surface area contributed by atoms with Gasteiger partial charge in [0, 0.05) is 11.6 Å². The first kappa shape index (κ1) is 18.7. The molecule has 134 valence electrons. The highest BCUT2D eigenvalue weighted by Crippen LogP contribution is 2.28. The molecule has 1 aliphatic heterocycles. The molecule has 1 aromatic carbocycles. The van der Waals surface area contributed by atoms with E-state index in [2.05, 4.69) is 10.1 Å². The summed E-state index contributed by atoms with van der Waals surface area (Å²) >= 11 is 5.11. The number of nitrogens with zero attached hydrogens (tertiary/aromatic N) is 1. The zero-order valence-corrected chi connectivity index (χ0v) is 15.1. The molecule has 1 saturated heterocycles. The van der Waals surface area contributed by atoms with Crippen molar-refractivity contribution in [3.05, 3.63) is 29.5 Å². The van der Waals surface area contributed by atoms with Crippen LogP contribution in [0.15, 0.2) is 23.9 Å². The summed E-state index contributed by atoms with van der Waals surface area (Å²) in [4.78, 5) is 25.0. The van der Waals surface area contributed by atoms with Gasteiger partial charge in [0.25, 0.3) is 5.91 Å². The van der Waals surface area contributed by atoms with Crippen LogP contribution in [0, 0.1) is 0 Å². The maximum Gasteiger partial charge on any atom is 0.325 e. The van der Waals surface area contributed by atoms with Crippen LogP contribution in [0.1, 0.15) is 19.4 Å². The molecule has 1 fully saturated rings. The first-order valence-electron chi connectivity index (χ1n) is 7.81. The third-order valence-electron chi connectivity index (χ3n) is 3.37. The topological polar surface area (TPSA) is 77.1 Å². The zero-order chi connectivity index (χ0) is 18.4. The number of esters is 1. The van der Waals surface area contributed by atoms with Gasteiger partial charge in [-0.2, -0.15) is 0 Å². The molecule has 25 heavy (non-hydrogen) atoms. The Balaban J connectivity index is 2.29. The summed E-state index contributed by atoms with van der Waals surface area (Å²) in [6.07, 6.45) is 1.63. The summed E-state index contributed by atoms with van der Waals surface area (Å²) in [5, 5.41) is 2.97. The molecule has 0 unspecified atom stereocenters. The van der Waals surface area contributed by atoms with Crippen molar-refractivity contribution in [2.45, 2.75) is 13.8 Å². The van der Waals surface area contributed by atoms with Gasteiger partial charge in [0.2, 0.25) is 0 Å². The van der Waals surface area contributed by atoms with E-state index in [0.29, 0.717) is 30.3 Å². The number of ether oxygens (including phenoxy) is 3. The molecule has 0 bridgehead atoms. The number of hydrogen-bond donors (Lipinski definition) is 1. The minimum atomic E-state index is -0.546. The van der Waals surface area contributed by atoms with Gasteiger partial charge in [-0.15, -0.1) is 0 Å². The van der Waals surface area contributed by atoms with Gasteiger partial charge in [-0.1, -0.05) is 0 Å². The number of methoxy groups -OCH3 is 1. The lowest BCUT2D eigenvalue weighted by atomic mass is 10.1. The second-order valence-corrected chi connectivity index (χ2v) is 5.41. The maximum absolute atomic E-state index is 12.4. The first-order valence-corrected chi connectivity index (χ1v) is 8.22. The van der Waals surface area contributed by atoms with Gasteiger partial charge in [0.15, 0.2) is 5.11 Å². The highest BCUT2D eigenvalue weighted by atomic mass is 32.1. The van der Waals surface area contributed by atoms with E-state index in [1.54, 1.807) is 24.3 Å². The third kappa shape index (κ3) is 4.48. The standard InChI is InChI=1S/C17H20N2O5S/c1-4-23-12-7-6-11(14(9-12)24-5-2)8-13-16(21)19(17(25)18-13)10-15(20)22-3/h6-9H,4-5,10H2,1-3H3,(H,18,25)/b13-8-. The first-order chi connectivity index (χ1) is 12.0. The third-order valence-corrected chi connectivity index (χ3v) is 3.70. The van der Waals surface area contributed by atoms with Crippen molar-refractivity contribution >= 4 is 35.3 Å². The van der Waals surface area contributed by atoms with Crippen LogP contribution in [0.25, 0.3) is 6.08 Å². The molecule has 7 nitrogen and oxygen atoms in total. The number of benzene rings is 1. The number of carbonyl (C=O) groups is 2. The van der Waals surface area contributed by atoms with Crippen molar-refractivity contribution in [2.24, 2.45) is 0 Å². The molecule has 1 amide bonds. The molecule has 1 N–H and O–H groups in total. The van der Waals surface area contributed by atoms with Gasteiger partial charge >= 0.3 is 5.97 Å². The van der Waals surface area contributed by atoms with Crippen LogP contribution in [0.5, 0.6) is 11.5 Å². The molecule has 8 heteroatoms. The average molecular weight is 364 g/mol. The fraction of sp³-hybridized carbons (Fsp3) is 0.353. The van der Waals surface area contributed by atoms with E-state index in [9.17, 15) is 9.59 Å². The normalized spacial score (nSPS) is 15.3. The van der Waals surface area contributed by atoms with Crippen LogP contribution in [0.3, 0.4) is 0 Å². The van der Waals surface area contributed by atoms with E-state index < -0.39 is 11.9 Å². The van der Waals surface area contributed by atoms with E-state index >= 15 is 0 Å². The number of carbonyl (C=O) groups excluding carboxylic acids is 2. The number of rotatable bonds is 7. The molecule has 1 aromatic rings. The number of hydrogen-bond acceptors (Lipinski definition) is 6. The Hall–Kier alpha value is -2.61. The predicted molar refractivity (Wildman–Crippen MR) is 96.2 cm³/mol. The van der Waals surface area contributed by atoms with Gasteiger partial charge in [0.1, 0.15) is 23.7 Å². The molecule has 0 spiro atoms. The molecule has 0 radical (unpaired) electrons. The Morgan fingerprint density at radius 3 is 2.64 bits per heavy atom. The molecular weight excluding hydrogens is 344 g/mol. The molecule has 0 aromatic heterocycles.